The zero-order valence-electron chi connectivity index (χ0n) is 14.9. The van der Waals surface area contributed by atoms with E-state index in [1.54, 1.807) is 47.3 Å². The summed E-state index contributed by atoms with van der Waals surface area (Å²) >= 11 is 0. The number of carbonyl (C=O) groups is 1. The Morgan fingerprint density at radius 3 is 2.54 bits per heavy atom. The number of carbonyl (C=O) groups excluding carboxylic acids is 1. The number of hydrogen-bond donors (Lipinski definition) is 1. The summed E-state index contributed by atoms with van der Waals surface area (Å²) in [7, 11) is 0. The average molecular weight is 377 g/mol. The van der Waals surface area contributed by atoms with Gasteiger partial charge in [0.15, 0.2) is 0 Å². The molecular formula is C22H17F2N3O. The first-order valence-electron chi connectivity index (χ1n) is 8.81. The molecule has 4 nitrogen and oxygen atoms in total. The number of nitrogens with one attached hydrogen (secondary N) is 1. The first-order chi connectivity index (χ1) is 13.6. The van der Waals surface area contributed by atoms with Crippen molar-refractivity contribution in [3.63, 3.8) is 0 Å². The van der Waals surface area contributed by atoms with Crippen LogP contribution in [0.3, 0.4) is 0 Å². The molecule has 0 aliphatic rings. The summed E-state index contributed by atoms with van der Waals surface area (Å²) in [6.45, 7) is 0.710. The lowest BCUT2D eigenvalue weighted by atomic mass is 10.1. The van der Waals surface area contributed by atoms with Gasteiger partial charge in [-0.2, -0.15) is 5.10 Å². The summed E-state index contributed by atoms with van der Waals surface area (Å²) in [6, 6.07) is 17.7. The third-order valence-corrected chi connectivity index (χ3v) is 4.49. The summed E-state index contributed by atoms with van der Waals surface area (Å²) in [5, 5.41) is 8.07. The molecule has 0 bridgehead atoms. The van der Waals surface area contributed by atoms with E-state index in [1.165, 1.54) is 24.3 Å². The van der Waals surface area contributed by atoms with Crippen molar-refractivity contribution < 1.29 is 13.6 Å². The second-order valence-corrected chi connectivity index (χ2v) is 6.51. The van der Waals surface area contributed by atoms with Crippen molar-refractivity contribution in [2.75, 3.05) is 0 Å². The molecule has 0 fully saturated rings. The van der Waals surface area contributed by atoms with Gasteiger partial charge in [-0.15, -0.1) is 0 Å². The van der Waals surface area contributed by atoms with E-state index in [0.29, 0.717) is 17.7 Å². The molecule has 1 N–H and O–H groups in total. The van der Waals surface area contributed by atoms with Crippen LogP contribution in [0.1, 0.15) is 21.5 Å². The van der Waals surface area contributed by atoms with Crippen molar-refractivity contribution in [1.29, 1.82) is 0 Å². The molecular weight excluding hydrogens is 360 g/mol. The lowest BCUT2D eigenvalue weighted by Crippen LogP contribution is -2.22. The minimum absolute atomic E-state index is 0.240. The van der Waals surface area contributed by atoms with E-state index in [-0.39, 0.29) is 24.1 Å². The monoisotopic (exact) mass is 377 g/mol. The third kappa shape index (κ3) is 3.91. The number of nitrogens with zero attached hydrogens (tertiary/aromatic N) is 2. The maximum absolute atomic E-state index is 13.3. The molecule has 0 aliphatic heterocycles. The third-order valence-electron chi connectivity index (χ3n) is 4.49. The van der Waals surface area contributed by atoms with Crippen LogP contribution in [-0.2, 0) is 13.1 Å². The second-order valence-electron chi connectivity index (χ2n) is 6.51. The minimum atomic E-state index is -0.335. The van der Waals surface area contributed by atoms with Gasteiger partial charge < -0.3 is 5.32 Å². The number of hydrogen-bond acceptors (Lipinski definition) is 2. The van der Waals surface area contributed by atoms with Gasteiger partial charge in [0.25, 0.3) is 5.91 Å². The first-order valence-corrected chi connectivity index (χ1v) is 8.81. The lowest BCUT2D eigenvalue weighted by Gasteiger charge is -2.08. The Morgan fingerprint density at radius 1 is 0.929 bits per heavy atom. The highest BCUT2D eigenvalue weighted by molar-refractivity contribution is 5.97. The molecule has 1 amide bonds. The topological polar surface area (TPSA) is 46.9 Å². The molecule has 1 aromatic heterocycles. The van der Waals surface area contributed by atoms with Gasteiger partial charge in [0.2, 0.25) is 0 Å². The molecule has 6 heteroatoms. The quantitative estimate of drug-likeness (QED) is 0.564. The van der Waals surface area contributed by atoms with Crippen molar-refractivity contribution in [2.24, 2.45) is 0 Å². The minimum Gasteiger partial charge on any atom is -0.348 e. The van der Waals surface area contributed by atoms with Crippen LogP contribution >= 0.6 is 0 Å². The number of benzene rings is 3. The molecule has 0 saturated heterocycles. The summed E-state index contributed by atoms with van der Waals surface area (Å²) in [5.74, 6) is -0.870. The standard InChI is InChI=1S/C22H17F2N3O/c23-19-8-4-15(5-9-19)14-27-21-11-17(6-7-18(21)13-26-27)22(28)25-12-16-2-1-3-20(24)10-16/h1-11,13H,12,14H2,(H,25,28). The van der Waals surface area contributed by atoms with Gasteiger partial charge in [-0.05, 0) is 47.5 Å². The van der Waals surface area contributed by atoms with Crippen LogP contribution in [0.25, 0.3) is 10.9 Å². The van der Waals surface area contributed by atoms with Crippen LogP contribution < -0.4 is 5.32 Å². The van der Waals surface area contributed by atoms with Crippen LogP contribution in [0.15, 0.2) is 72.9 Å². The van der Waals surface area contributed by atoms with Crippen molar-refractivity contribution in [3.05, 3.63) is 101 Å². The molecule has 0 unspecified atom stereocenters. The Morgan fingerprint density at radius 2 is 1.75 bits per heavy atom. The summed E-state index contributed by atoms with van der Waals surface area (Å²) < 4.78 is 28.1. The van der Waals surface area contributed by atoms with Gasteiger partial charge in [0.1, 0.15) is 11.6 Å². The molecule has 0 radical (unpaired) electrons. The van der Waals surface area contributed by atoms with Crippen molar-refractivity contribution >= 4 is 16.8 Å². The smallest absolute Gasteiger partial charge is 0.251 e. The van der Waals surface area contributed by atoms with E-state index in [9.17, 15) is 13.6 Å². The Balaban J connectivity index is 1.53. The first kappa shape index (κ1) is 17.9. The van der Waals surface area contributed by atoms with Crippen molar-refractivity contribution in [1.82, 2.24) is 15.1 Å². The summed E-state index contributed by atoms with van der Waals surface area (Å²) in [4.78, 5) is 12.5. The Labute approximate surface area is 160 Å². The Bertz CT molecular complexity index is 1140. The largest absolute Gasteiger partial charge is 0.348 e. The Hall–Kier alpha value is -3.54. The van der Waals surface area contributed by atoms with Gasteiger partial charge >= 0.3 is 0 Å². The fourth-order valence-corrected chi connectivity index (χ4v) is 3.03. The van der Waals surface area contributed by atoms with E-state index >= 15 is 0 Å². The predicted molar refractivity (Wildman–Crippen MR) is 103 cm³/mol. The summed E-state index contributed by atoms with van der Waals surface area (Å²) in [5.41, 5.74) is 2.90. The van der Waals surface area contributed by atoms with Crippen LogP contribution in [0, 0.1) is 11.6 Å². The second kappa shape index (κ2) is 7.60. The highest BCUT2D eigenvalue weighted by Crippen LogP contribution is 2.18. The molecule has 140 valence electrons. The van der Waals surface area contributed by atoms with Crippen molar-refractivity contribution in [2.45, 2.75) is 13.1 Å². The molecule has 0 spiro atoms. The molecule has 1 heterocycles. The van der Waals surface area contributed by atoms with E-state index < -0.39 is 0 Å². The fourth-order valence-electron chi connectivity index (χ4n) is 3.03. The maximum Gasteiger partial charge on any atom is 0.251 e. The van der Waals surface area contributed by atoms with Crippen LogP contribution in [0.5, 0.6) is 0 Å². The average Bonchev–Trinajstić information content (AvgIpc) is 3.10. The molecule has 0 aliphatic carbocycles. The van der Waals surface area contributed by atoms with Gasteiger partial charge in [0, 0.05) is 17.5 Å². The van der Waals surface area contributed by atoms with Crippen LogP contribution in [0.4, 0.5) is 8.78 Å². The lowest BCUT2D eigenvalue weighted by molar-refractivity contribution is 0.0951. The number of rotatable bonds is 5. The van der Waals surface area contributed by atoms with E-state index in [1.807, 2.05) is 6.07 Å². The SMILES string of the molecule is O=C(NCc1cccc(F)c1)c1ccc2cnn(Cc3ccc(F)cc3)c2c1. The molecule has 0 atom stereocenters. The molecule has 28 heavy (non-hydrogen) atoms. The Kier molecular flexibility index (Phi) is 4.85. The fraction of sp³-hybridized carbons (Fsp3) is 0.0909. The van der Waals surface area contributed by atoms with Gasteiger partial charge in [-0.3, -0.25) is 9.48 Å². The summed E-state index contributed by atoms with van der Waals surface area (Å²) in [6.07, 6.45) is 1.73. The van der Waals surface area contributed by atoms with Crippen LogP contribution in [0.2, 0.25) is 0 Å². The molecule has 4 rings (SSSR count). The number of amides is 1. The van der Waals surface area contributed by atoms with E-state index in [4.69, 9.17) is 0 Å². The maximum atomic E-state index is 13.3. The predicted octanol–water partition coefficient (Wildman–Crippen LogP) is 4.29. The number of fused-ring (bicyclic) bond motifs is 1. The molecule has 4 aromatic rings. The van der Waals surface area contributed by atoms with Crippen molar-refractivity contribution in [3.8, 4) is 0 Å². The normalized spacial score (nSPS) is 10.9. The van der Waals surface area contributed by atoms with Gasteiger partial charge in [-0.1, -0.05) is 30.3 Å². The van der Waals surface area contributed by atoms with E-state index in [0.717, 1.165) is 16.5 Å². The zero-order chi connectivity index (χ0) is 19.5. The molecule has 0 saturated carbocycles. The highest BCUT2D eigenvalue weighted by atomic mass is 19.1. The van der Waals surface area contributed by atoms with E-state index in [2.05, 4.69) is 10.4 Å². The molecule has 3 aromatic carbocycles. The van der Waals surface area contributed by atoms with Gasteiger partial charge in [0.05, 0.1) is 18.3 Å². The highest BCUT2D eigenvalue weighted by Gasteiger charge is 2.10. The number of aromatic nitrogens is 2. The number of halogens is 2. The van der Waals surface area contributed by atoms with Gasteiger partial charge in [-0.25, -0.2) is 8.78 Å². The zero-order valence-corrected chi connectivity index (χ0v) is 14.9. The van der Waals surface area contributed by atoms with Crippen LogP contribution in [-0.4, -0.2) is 15.7 Å².